The predicted molar refractivity (Wildman–Crippen MR) is 106 cm³/mol. The van der Waals surface area contributed by atoms with Crippen LogP contribution in [0.25, 0.3) is 0 Å². The third-order valence-corrected chi connectivity index (χ3v) is 4.95. The van der Waals surface area contributed by atoms with Gasteiger partial charge in [0.2, 0.25) is 0 Å². The van der Waals surface area contributed by atoms with Crippen molar-refractivity contribution in [1.29, 1.82) is 0 Å². The molecule has 0 atom stereocenters. The van der Waals surface area contributed by atoms with E-state index in [0.717, 1.165) is 12.0 Å². The number of likely N-dealkylation sites (N-methyl/N-ethyl adjacent to an activating group) is 1. The summed E-state index contributed by atoms with van der Waals surface area (Å²) >= 11 is 0. The van der Waals surface area contributed by atoms with Crippen LogP contribution in [0.2, 0.25) is 0 Å². The molecule has 0 aromatic heterocycles. The summed E-state index contributed by atoms with van der Waals surface area (Å²) in [5, 5.41) is 2.81. The number of hydrogen-bond acceptors (Lipinski definition) is 6. The molecule has 2 rings (SSSR count). The fraction of sp³-hybridized carbons (Fsp3) is 0.632. The molecule has 150 valence electrons. The molecule has 1 amide bonds. The first-order valence-electron chi connectivity index (χ1n) is 9.13. The number of benzene rings is 1. The Morgan fingerprint density at radius 1 is 1.15 bits per heavy atom. The van der Waals surface area contributed by atoms with Crippen LogP contribution in [0.4, 0.5) is 0 Å². The highest BCUT2D eigenvalue weighted by Gasteiger charge is 2.51. The molecule has 1 aliphatic rings. The Morgan fingerprint density at radius 3 is 2.33 bits per heavy atom. The Hall–Kier alpha value is -1.77. The van der Waals surface area contributed by atoms with Crippen molar-refractivity contribution < 1.29 is 23.6 Å². The van der Waals surface area contributed by atoms with Crippen LogP contribution in [0.15, 0.2) is 18.2 Å². The summed E-state index contributed by atoms with van der Waals surface area (Å²) in [4.78, 5) is 13.9. The van der Waals surface area contributed by atoms with E-state index < -0.39 is 18.3 Å². The molecule has 0 aliphatic carbocycles. The van der Waals surface area contributed by atoms with E-state index in [2.05, 4.69) is 5.32 Å². The van der Waals surface area contributed by atoms with Crippen LogP contribution in [0, 0.1) is 0 Å². The van der Waals surface area contributed by atoms with E-state index >= 15 is 0 Å². The summed E-state index contributed by atoms with van der Waals surface area (Å²) in [6, 6.07) is 5.46. The Balaban J connectivity index is 1.99. The lowest BCUT2D eigenvalue weighted by Gasteiger charge is -2.32. The first-order chi connectivity index (χ1) is 12.6. The van der Waals surface area contributed by atoms with Gasteiger partial charge < -0.3 is 29.0 Å². The van der Waals surface area contributed by atoms with Gasteiger partial charge in [0.1, 0.15) is 0 Å². The molecule has 0 spiro atoms. The van der Waals surface area contributed by atoms with Crippen molar-refractivity contribution in [3.8, 4) is 11.5 Å². The topological polar surface area (TPSA) is 69.3 Å². The van der Waals surface area contributed by atoms with Crippen molar-refractivity contribution in [2.24, 2.45) is 0 Å². The van der Waals surface area contributed by atoms with Gasteiger partial charge in [-0.1, -0.05) is 6.07 Å². The van der Waals surface area contributed by atoms with Crippen molar-refractivity contribution in [2.75, 3.05) is 40.9 Å². The molecule has 1 aromatic rings. The Kier molecular flexibility index (Phi) is 6.78. The first kappa shape index (κ1) is 21.5. The maximum absolute atomic E-state index is 11.9. The van der Waals surface area contributed by atoms with Crippen LogP contribution in [0.3, 0.4) is 0 Å². The highest BCUT2D eigenvalue weighted by molar-refractivity contribution is 6.62. The number of hydrogen-bond donors (Lipinski definition) is 1. The monoisotopic (exact) mass is 378 g/mol. The molecule has 0 saturated carbocycles. The molecular formula is C19H31BN2O5. The molecular weight excluding hydrogens is 347 g/mol. The Bertz CT molecular complexity index is 648. The Morgan fingerprint density at radius 2 is 1.78 bits per heavy atom. The maximum Gasteiger partial charge on any atom is 0.494 e. The largest absolute Gasteiger partial charge is 0.494 e. The Labute approximate surface area is 162 Å². The van der Waals surface area contributed by atoms with Gasteiger partial charge in [-0.05, 0) is 59.4 Å². The molecule has 27 heavy (non-hydrogen) atoms. The second-order valence-corrected chi connectivity index (χ2v) is 7.94. The number of nitrogens with zero attached hydrogens (tertiary/aromatic N) is 1. The predicted octanol–water partition coefficient (Wildman–Crippen LogP) is 1.05. The van der Waals surface area contributed by atoms with Crippen LogP contribution in [0.1, 0.15) is 27.7 Å². The van der Waals surface area contributed by atoms with Crippen LogP contribution in [-0.2, 0) is 14.1 Å². The zero-order chi connectivity index (χ0) is 20.2. The molecule has 8 heteroatoms. The summed E-state index contributed by atoms with van der Waals surface area (Å²) in [5.41, 5.74) is 0.0170. The van der Waals surface area contributed by atoms with E-state index in [9.17, 15) is 4.79 Å². The smallest absolute Gasteiger partial charge is 0.493 e. The summed E-state index contributed by atoms with van der Waals surface area (Å²) < 4.78 is 23.2. The molecule has 1 heterocycles. The van der Waals surface area contributed by atoms with Crippen LogP contribution in [-0.4, -0.2) is 70.0 Å². The van der Waals surface area contributed by atoms with Gasteiger partial charge >= 0.3 is 7.12 Å². The lowest BCUT2D eigenvalue weighted by Crippen LogP contribution is -2.41. The van der Waals surface area contributed by atoms with Gasteiger partial charge in [0.25, 0.3) is 5.91 Å². The average molecular weight is 378 g/mol. The van der Waals surface area contributed by atoms with Crippen LogP contribution in [0.5, 0.6) is 11.5 Å². The minimum absolute atomic E-state index is 0.0698. The van der Waals surface area contributed by atoms with Gasteiger partial charge in [-0.15, -0.1) is 0 Å². The van der Waals surface area contributed by atoms with Crippen molar-refractivity contribution in [1.82, 2.24) is 10.2 Å². The van der Waals surface area contributed by atoms with Crippen LogP contribution < -0.4 is 20.3 Å². The first-order valence-corrected chi connectivity index (χ1v) is 9.13. The average Bonchev–Trinajstić information content (AvgIpc) is 2.80. The van der Waals surface area contributed by atoms with E-state index in [4.69, 9.17) is 18.8 Å². The summed E-state index contributed by atoms with van der Waals surface area (Å²) in [7, 11) is 4.99. The molecule has 7 nitrogen and oxygen atoms in total. The fourth-order valence-corrected chi connectivity index (χ4v) is 2.54. The minimum atomic E-state index is -0.479. The number of ether oxygens (including phenoxy) is 2. The SMILES string of the molecule is COc1cc(B2OC(C)(C)C(C)(C)O2)ccc1OCC(=O)NCCN(C)C. The number of amides is 1. The highest BCUT2D eigenvalue weighted by atomic mass is 16.7. The molecule has 0 radical (unpaired) electrons. The van der Waals surface area contributed by atoms with E-state index in [1.54, 1.807) is 13.2 Å². The molecule has 1 aliphatic heterocycles. The molecule has 1 N–H and O–H groups in total. The summed E-state index contributed by atoms with van der Waals surface area (Å²) in [6.45, 7) is 9.32. The van der Waals surface area contributed by atoms with Gasteiger partial charge in [-0.2, -0.15) is 0 Å². The molecule has 1 saturated heterocycles. The standard InChI is InChI=1S/C19H31BN2O5/c1-18(2)19(3,4)27-20(26-18)14-8-9-15(16(12-14)24-7)25-13-17(23)21-10-11-22(5)6/h8-9,12H,10-11,13H2,1-7H3,(H,21,23). The lowest BCUT2D eigenvalue weighted by atomic mass is 9.79. The molecule has 0 bridgehead atoms. The van der Waals surface area contributed by atoms with E-state index in [1.807, 2.05) is 58.8 Å². The molecule has 1 aromatic carbocycles. The lowest BCUT2D eigenvalue weighted by molar-refractivity contribution is -0.123. The zero-order valence-electron chi connectivity index (χ0n) is 17.4. The summed E-state index contributed by atoms with van der Waals surface area (Å²) in [5.74, 6) is 0.859. The number of carbonyl (C=O) groups excluding carboxylic acids is 1. The minimum Gasteiger partial charge on any atom is -0.493 e. The number of methoxy groups -OCH3 is 1. The number of nitrogens with one attached hydrogen (secondary N) is 1. The van der Waals surface area contributed by atoms with Crippen molar-refractivity contribution >= 4 is 18.5 Å². The quantitative estimate of drug-likeness (QED) is 0.682. The summed E-state index contributed by atoms with van der Waals surface area (Å²) in [6.07, 6.45) is 0. The highest BCUT2D eigenvalue weighted by Crippen LogP contribution is 2.37. The van der Waals surface area contributed by atoms with Gasteiger partial charge in [-0.3, -0.25) is 4.79 Å². The van der Waals surface area contributed by atoms with Gasteiger partial charge in [-0.25, -0.2) is 0 Å². The van der Waals surface area contributed by atoms with E-state index in [-0.39, 0.29) is 12.5 Å². The van der Waals surface area contributed by atoms with E-state index in [1.165, 1.54) is 0 Å². The zero-order valence-corrected chi connectivity index (χ0v) is 17.4. The van der Waals surface area contributed by atoms with Crippen molar-refractivity contribution in [3.63, 3.8) is 0 Å². The second kappa shape index (κ2) is 8.50. The maximum atomic E-state index is 11.9. The third-order valence-electron chi connectivity index (χ3n) is 4.95. The van der Waals surface area contributed by atoms with Gasteiger partial charge in [0.05, 0.1) is 18.3 Å². The van der Waals surface area contributed by atoms with Gasteiger partial charge in [0.15, 0.2) is 18.1 Å². The number of carbonyl (C=O) groups is 1. The molecule has 0 unspecified atom stereocenters. The second-order valence-electron chi connectivity index (χ2n) is 7.94. The van der Waals surface area contributed by atoms with Crippen molar-refractivity contribution in [2.45, 2.75) is 38.9 Å². The normalized spacial score (nSPS) is 17.9. The van der Waals surface area contributed by atoms with Gasteiger partial charge in [0, 0.05) is 13.1 Å². The number of rotatable bonds is 8. The van der Waals surface area contributed by atoms with E-state index in [0.29, 0.717) is 18.0 Å². The third kappa shape index (κ3) is 5.37. The fourth-order valence-electron chi connectivity index (χ4n) is 2.54. The van der Waals surface area contributed by atoms with Crippen LogP contribution >= 0.6 is 0 Å². The van der Waals surface area contributed by atoms with Crippen molar-refractivity contribution in [3.05, 3.63) is 18.2 Å². The molecule has 1 fully saturated rings.